The number of carbonyl (C=O) groups is 1. The summed E-state index contributed by atoms with van der Waals surface area (Å²) in [6.07, 6.45) is 1.03. The zero-order valence-electron chi connectivity index (χ0n) is 13.7. The molecule has 7 heteroatoms. The third kappa shape index (κ3) is 3.37. The fraction of sp³-hybridized carbons (Fsp3) is 0.471. The first-order valence-corrected chi connectivity index (χ1v) is 8.79. The molecule has 3 rings (SSSR count). The predicted molar refractivity (Wildman–Crippen MR) is 94.9 cm³/mol. The minimum absolute atomic E-state index is 0.0303. The van der Waals surface area contributed by atoms with Crippen LogP contribution in [0.4, 0.5) is 0 Å². The van der Waals surface area contributed by atoms with Crippen molar-refractivity contribution in [2.75, 3.05) is 0 Å². The minimum Gasteiger partial charge on any atom is -0.390 e. The van der Waals surface area contributed by atoms with E-state index in [0.29, 0.717) is 24.8 Å². The number of rotatable bonds is 4. The van der Waals surface area contributed by atoms with Crippen LogP contribution in [0.25, 0.3) is 10.9 Å². The van der Waals surface area contributed by atoms with Crippen LogP contribution in [0.3, 0.4) is 0 Å². The molecular weight excluding hydrogens is 374 g/mol. The largest absolute Gasteiger partial charge is 0.390 e. The van der Waals surface area contributed by atoms with E-state index in [1.54, 1.807) is 17.7 Å². The summed E-state index contributed by atoms with van der Waals surface area (Å²) >= 11 is 3.40. The molecule has 0 atom stereocenters. The van der Waals surface area contributed by atoms with Crippen LogP contribution in [0.15, 0.2) is 27.5 Å². The van der Waals surface area contributed by atoms with E-state index in [1.165, 1.54) is 0 Å². The highest BCUT2D eigenvalue weighted by molar-refractivity contribution is 9.10. The number of hydrogen-bond donors (Lipinski definition) is 2. The third-order valence-electron chi connectivity index (χ3n) is 4.35. The molecule has 1 heterocycles. The van der Waals surface area contributed by atoms with Crippen LogP contribution < -0.4 is 10.7 Å². The van der Waals surface area contributed by atoms with Gasteiger partial charge in [0.05, 0.1) is 17.5 Å². The second-order valence-electron chi connectivity index (χ2n) is 6.60. The van der Waals surface area contributed by atoms with E-state index < -0.39 is 5.60 Å². The predicted octanol–water partition coefficient (Wildman–Crippen LogP) is 1.75. The van der Waals surface area contributed by atoms with E-state index in [2.05, 4.69) is 26.3 Å². The molecular formula is C17H20BrN3O3. The Morgan fingerprint density at radius 3 is 2.83 bits per heavy atom. The van der Waals surface area contributed by atoms with Gasteiger partial charge in [0.25, 0.3) is 0 Å². The van der Waals surface area contributed by atoms with Gasteiger partial charge < -0.3 is 10.4 Å². The first-order chi connectivity index (χ1) is 11.3. The Morgan fingerprint density at radius 2 is 2.21 bits per heavy atom. The molecule has 0 aliphatic heterocycles. The zero-order chi connectivity index (χ0) is 17.5. The number of hydrogen-bond acceptors (Lipinski definition) is 4. The molecule has 0 saturated heterocycles. The first kappa shape index (κ1) is 17.1. The van der Waals surface area contributed by atoms with Crippen LogP contribution in [0, 0.1) is 0 Å². The molecule has 0 unspecified atom stereocenters. The monoisotopic (exact) mass is 393 g/mol. The molecule has 6 nitrogen and oxygen atoms in total. The summed E-state index contributed by atoms with van der Waals surface area (Å²) in [5.41, 5.74) is 0.0887. The Morgan fingerprint density at radius 1 is 1.50 bits per heavy atom. The molecule has 128 valence electrons. The number of nitrogens with zero attached hydrogens (tertiary/aromatic N) is 2. The molecule has 1 aliphatic rings. The molecule has 0 radical (unpaired) electrons. The van der Waals surface area contributed by atoms with Gasteiger partial charge in [-0.1, -0.05) is 15.9 Å². The lowest BCUT2D eigenvalue weighted by molar-refractivity contribution is -0.124. The molecule has 1 aliphatic carbocycles. The van der Waals surface area contributed by atoms with E-state index in [0.717, 1.165) is 9.99 Å². The number of nitrogens with one attached hydrogen (secondary N) is 1. The number of benzene rings is 1. The number of aromatic nitrogens is 2. The molecule has 24 heavy (non-hydrogen) atoms. The molecule has 1 aromatic carbocycles. The zero-order valence-corrected chi connectivity index (χ0v) is 15.3. The topological polar surface area (TPSA) is 84.2 Å². The maximum absolute atomic E-state index is 12.6. The summed E-state index contributed by atoms with van der Waals surface area (Å²) < 4.78 is 2.61. The average molecular weight is 394 g/mol. The highest BCUT2D eigenvalue weighted by Crippen LogP contribution is 2.31. The van der Waals surface area contributed by atoms with Gasteiger partial charge in [0, 0.05) is 22.4 Å². The quantitative estimate of drug-likeness (QED) is 0.828. The Hall–Kier alpha value is -1.73. The van der Waals surface area contributed by atoms with Crippen molar-refractivity contribution < 1.29 is 9.90 Å². The molecule has 0 bridgehead atoms. The van der Waals surface area contributed by atoms with Crippen LogP contribution in [0.2, 0.25) is 0 Å². The maximum atomic E-state index is 12.6. The maximum Gasteiger partial charge on any atom is 0.226 e. The van der Waals surface area contributed by atoms with Gasteiger partial charge >= 0.3 is 0 Å². The standard InChI is InChI=1S/C17H20BrN3O3/c1-3-21-14-6-10(18)4-5-12(14)16(23)13(20-21)7-15(22)19-11-8-17(2,24)9-11/h4-6,11,24H,3,7-9H2,1-2H3,(H,19,22). The number of aliphatic hydroxyl groups is 1. The average Bonchev–Trinajstić information content (AvgIpc) is 2.48. The fourth-order valence-electron chi connectivity index (χ4n) is 3.20. The summed E-state index contributed by atoms with van der Waals surface area (Å²) in [4.78, 5) is 24.8. The number of carbonyl (C=O) groups excluding carboxylic acids is 1. The van der Waals surface area contributed by atoms with Crippen molar-refractivity contribution in [3.63, 3.8) is 0 Å². The van der Waals surface area contributed by atoms with E-state index in [9.17, 15) is 14.7 Å². The Bertz CT molecular complexity index is 852. The molecule has 1 aromatic heterocycles. The van der Waals surface area contributed by atoms with Crippen molar-refractivity contribution in [3.05, 3.63) is 38.6 Å². The Balaban J connectivity index is 1.84. The second-order valence-corrected chi connectivity index (χ2v) is 7.52. The van der Waals surface area contributed by atoms with Crippen molar-refractivity contribution in [2.45, 2.75) is 51.3 Å². The van der Waals surface area contributed by atoms with E-state index >= 15 is 0 Å². The lowest BCUT2D eigenvalue weighted by Crippen LogP contribution is -2.53. The third-order valence-corrected chi connectivity index (χ3v) is 4.84. The number of aryl methyl sites for hydroxylation is 1. The molecule has 1 fully saturated rings. The Labute approximate surface area is 148 Å². The molecule has 1 amide bonds. The lowest BCUT2D eigenvalue weighted by Gasteiger charge is -2.41. The minimum atomic E-state index is -0.693. The number of halogens is 1. The highest BCUT2D eigenvalue weighted by atomic mass is 79.9. The summed E-state index contributed by atoms with van der Waals surface area (Å²) in [5, 5.41) is 17.5. The van der Waals surface area contributed by atoms with E-state index in [4.69, 9.17) is 0 Å². The lowest BCUT2D eigenvalue weighted by atomic mass is 9.77. The second kappa shape index (κ2) is 6.29. The van der Waals surface area contributed by atoms with Crippen LogP contribution >= 0.6 is 15.9 Å². The van der Waals surface area contributed by atoms with Gasteiger partial charge in [0.2, 0.25) is 11.3 Å². The van der Waals surface area contributed by atoms with Crippen LogP contribution in [0.5, 0.6) is 0 Å². The van der Waals surface area contributed by atoms with Gasteiger partial charge in [-0.3, -0.25) is 14.3 Å². The smallest absolute Gasteiger partial charge is 0.226 e. The van der Waals surface area contributed by atoms with E-state index in [1.807, 2.05) is 19.1 Å². The molecule has 2 N–H and O–H groups in total. The van der Waals surface area contributed by atoms with Gasteiger partial charge in [0.1, 0.15) is 5.69 Å². The van der Waals surface area contributed by atoms with Crippen molar-refractivity contribution in [2.24, 2.45) is 0 Å². The summed E-state index contributed by atoms with van der Waals surface area (Å²) in [6.45, 7) is 4.30. The van der Waals surface area contributed by atoms with Crippen LogP contribution in [-0.2, 0) is 17.8 Å². The summed E-state index contributed by atoms with van der Waals surface area (Å²) in [5.74, 6) is -0.237. The van der Waals surface area contributed by atoms with Crippen molar-refractivity contribution in [3.8, 4) is 0 Å². The van der Waals surface area contributed by atoms with Gasteiger partial charge in [-0.05, 0) is 44.9 Å². The van der Waals surface area contributed by atoms with E-state index in [-0.39, 0.29) is 29.5 Å². The Kier molecular flexibility index (Phi) is 4.48. The molecule has 2 aromatic rings. The molecule has 1 saturated carbocycles. The first-order valence-electron chi connectivity index (χ1n) is 8.00. The van der Waals surface area contributed by atoms with Gasteiger partial charge in [-0.15, -0.1) is 0 Å². The van der Waals surface area contributed by atoms with Gasteiger partial charge in [-0.25, -0.2) is 0 Å². The van der Waals surface area contributed by atoms with Gasteiger partial charge in [0.15, 0.2) is 0 Å². The summed E-state index contributed by atoms with van der Waals surface area (Å²) in [6, 6.07) is 5.38. The fourth-order valence-corrected chi connectivity index (χ4v) is 3.55. The summed E-state index contributed by atoms with van der Waals surface area (Å²) in [7, 11) is 0. The highest BCUT2D eigenvalue weighted by Gasteiger charge is 2.39. The van der Waals surface area contributed by atoms with Gasteiger partial charge in [-0.2, -0.15) is 5.10 Å². The van der Waals surface area contributed by atoms with Crippen molar-refractivity contribution in [1.29, 1.82) is 0 Å². The SMILES string of the molecule is CCn1nc(CC(=O)NC2CC(C)(O)C2)c(=O)c2ccc(Br)cc21. The van der Waals surface area contributed by atoms with Crippen molar-refractivity contribution >= 4 is 32.7 Å². The normalized spacial score (nSPS) is 23.1. The van der Waals surface area contributed by atoms with Crippen LogP contribution in [-0.4, -0.2) is 32.4 Å². The van der Waals surface area contributed by atoms with Crippen LogP contribution in [0.1, 0.15) is 32.4 Å². The number of amides is 1. The van der Waals surface area contributed by atoms with Crippen molar-refractivity contribution in [1.82, 2.24) is 15.1 Å². The molecule has 0 spiro atoms. The number of fused-ring (bicyclic) bond motifs is 1.